The fraction of sp³-hybridized carbons (Fsp3) is 0. The standard InChI is InChI=1S/C12H8F3N3S/c13-7-4-8(14)11(9(15)5-7)18-10-3-6(12(16)19)1-2-17-10/h1-5H,(H2,16,19)(H,17,18). The zero-order valence-corrected chi connectivity index (χ0v) is 10.3. The first-order valence-electron chi connectivity index (χ1n) is 5.15. The van der Waals surface area contributed by atoms with Gasteiger partial charge in [-0.05, 0) is 12.1 Å². The van der Waals surface area contributed by atoms with Crippen LogP contribution in [-0.2, 0) is 0 Å². The predicted molar refractivity (Wildman–Crippen MR) is 69.7 cm³/mol. The molecule has 1 aromatic heterocycles. The average molecular weight is 283 g/mol. The Balaban J connectivity index is 2.36. The van der Waals surface area contributed by atoms with Crippen molar-refractivity contribution in [2.45, 2.75) is 0 Å². The van der Waals surface area contributed by atoms with Crippen LogP contribution in [0.2, 0.25) is 0 Å². The van der Waals surface area contributed by atoms with Crippen molar-refractivity contribution in [2.24, 2.45) is 5.73 Å². The molecule has 98 valence electrons. The Morgan fingerprint density at radius 1 is 1.16 bits per heavy atom. The summed E-state index contributed by atoms with van der Waals surface area (Å²) in [4.78, 5) is 4.00. The molecule has 2 rings (SSSR count). The van der Waals surface area contributed by atoms with Crippen LogP contribution in [-0.4, -0.2) is 9.97 Å². The molecular weight excluding hydrogens is 275 g/mol. The Kier molecular flexibility index (Phi) is 3.66. The number of pyridine rings is 1. The van der Waals surface area contributed by atoms with Crippen molar-refractivity contribution in [2.75, 3.05) is 5.32 Å². The molecule has 0 aliphatic heterocycles. The molecule has 1 aromatic carbocycles. The Bertz CT molecular complexity index is 623. The number of aromatic nitrogens is 1. The van der Waals surface area contributed by atoms with Crippen LogP contribution in [0.1, 0.15) is 5.56 Å². The Labute approximate surface area is 112 Å². The molecule has 0 radical (unpaired) electrons. The van der Waals surface area contributed by atoms with E-state index in [1.54, 1.807) is 6.07 Å². The molecule has 0 atom stereocenters. The fourth-order valence-corrected chi connectivity index (χ4v) is 1.57. The minimum Gasteiger partial charge on any atom is -0.389 e. The quantitative estimate of drug-likeness (QED) is 0.850. The molecule has 0 amide bonds. The molecule has 0 fully saturated rings. The maximum absolute atomic E-state index is 13.4. The van der Waals surface area contributed by atoms with Crippen LogP contribution in [0.4, 0.5) is 24.7 Å². The molecule has 2 aromatic rings. The van der Waals surface area contributed by atoms with Gasteiger partial charge in [0.1, 0.15) is 22.3 Å². The Morgan fingerprint density at radius 3 is 2.37 bits per heavy atom. The number of halogens is 3. The lowest BCUT2D eigenvalue weighted by atomic mass is 10.2. The van der Waals surface area contributed by atoms with E-state index in [4.69, 9.17) is 18.0 Å². The monoisotopic (exact) mass is 283 g/mol. The van der Waals surface area contributed by atoms with Gasteiger partial charge >= 0.3 is 0 Å². The number of nitrogens with zero attached hydrogens (tertiary/aromatic N) is 1. The van der Waals surface area contributed by atoms with Crippen LogP contribution in [0.25, 0.3) is 0 Å². The fourth-order valence-electron chi connectivity index (χ4n) is 1.44. The van der Waals surface area contributed by atoms with Crippen molar-refractivity contribution in [1.29, 1.82) is 0 Å². The van der Waals surface area contributed by atoms with Gasteiger partial charge in [-0.1, -0.05) is 12.2 Å². The van der Waals surface area contributed by atoms with Crippen LogP contribution in [0, 0.1) is 17.5 Å². The van der Waals surface area contributed by atoms with Gasteiger partial charge in [-0.3, -0.25) is 0 Å². The van der Waals surface area contributed by atoms with Crippen molar-refractivity contribution in [3.05, 3.63) is 53.5 Å². The van der Waals surface area contributed by atoms with E-state index < -0.39 is 23.1 Å². The summed E-state index contributed by atoms with van der Waals surface area (Å²) < 4.78 is 39.6. The SMILES string of the molecule is NC(=S)c1ccnc(Nc2c(F)cc(F)cc2F)c1. The zero-order chi connectivity index (χ0) is 14.0. The van der Waals surface area contributed by atoms with Crippen molar-refractivity contribution in [3.8, 4) is 0 Å². The van der Waals surface area contributed by atoms with E-state index in [1.807, 2.05) is 0 Å². The third kappa shape index (κ3) is 3.00. The van der Waals surface area contributed by atoms with E-state index in [9.17, 15) is 13.2 Å². The maximum atomic E-state index is 13.4. The molecule has 19 heavy (non-hydrogen) atoms. The lowest BCUT2D eigenvalue weighted by Crippen LogP contribution is -2.10. The van der Waals surface area contributed by atoms with Gasteiger partial charge < -0.3 is 11.1 Å². The third-order valence-corrected chi connectivity index (χ3v) is 2.54. The van der Waals surface area contributed by atoms with Crippen LogP contribution >= 0.6 is 12.2 Å². The van der Waals surface area contributed by atoms with E-state index >= 15 is 0 Å². The van der Waals surface area contributed by atoms with Gasteiger partial charge in [-0.15, -0.1) is 0 Å². The number of rotatable bonds is 3. The number of nitrogens with two attached hydrogens (primary N) is 1. The number of thiocarbonyl (C=S) groups is 1. The molecule has 0 aliphatic carbocycles. The molecule has 3 nitrogen and oxygen atoms in total. The first-order chi connectivity index (χ1) is 8.97. The highest BCUT2D eigenvalue weighted by Gasteiger charge is 2.12. The molecule has 0 saturated carbocycles. The topological polar surface area (TPSA) is 50.9 Å². The summed E-state index contributed by atoms with van der Waals surface area (Å²) in [5.41, 5.74) is 5.44. The summed E-state index contributed by atoms with van der Waals surface area (Å²) in [6.07, 6.45) is 1.39. The number of hydrogen-bond donors (Lipinski definition) is 2. The van der Waals surface area contributed by atoms with Crippen LogP contribution in [0.3, 0.4) is 0 Å². The van der Waals surface area contributed by atoms with Gasteiger partial charge in [0.05, 0.1) is 0 Å². The minimum absolute atomic E-state index is 0.130. The third-order valence-electron chi connectivity index (χ3n) is 2.30. The van der Waals surface area contributed by atoms with Crippen molar-refractivity contribution in [1.82, 2.24) is 4.98 Å². The van der Waals surface area contributed by atoms with Crippen LogP contribution in [0.15, 0.2) is 30.5 Å². The van der Waals surface area contributed by atoms with E-state index in [0.717, 1.165) is 0 Å². The highest BCUT2D eigenvalue weighted by atomic mass is 32.1. The van der Waals surface area contributed by atoms with E-state index in [1.165, 1.54) is 12.3 Å². The highest BCUT2D eigenvalue weighted by Crippen LogP contribution is 2.23. The van der Waals surface area contributed by atoms with E-state index in [-0.39, 0.29) is 10.8 Å². The summed E-state index contributed by atoms with van der Waals surface area (Å²) in [5.74, 6) is -2.96. The van der Waals surface area contributed by atoms with Gasteiger partial charge in [0, 0.05) is 23.9 Å². The van der Waals surface area contributed by atoms with Gasteiger partial charge in [-0.2, -0.15) is 0 Å². The molecular formula is C12H8F3N3S. The first-order valence-corrected chi connectivity index (χ1v) is 5.55. The summed E-state index contributed by atoms with van der Waals surface area (Å²) in [5, 5.41) is 2.42. The second kappa shape index (κ2) is 5.23. The second-order valence-corrected chi connectivity index (χ2v) is 4.10. The smallest absolute Gasteiger partial charge is 0.152 e. The summed E-state index contributed by atoms with van der Waals surface area (Å²) in [7, 11) is 0. The largest absolute Gasteiger partial charge is 0.389 e. The number of nitrogens with one attached hydrogen (secondary N) is 1. The molecule has 0 spiro atoms. The average Bonchev–Trinajstić information content (AvgIpc) is 2.34. The minimum atomic E-state index is -1.06. The molecule has 1 heterocycles. The first kappa shape index (κ1) is 13.3. The van der Waals surface area contributed by atoms with Crippen LogP contribution in [0.5, 0.6) is 0 Å². The lowest BCUT2D eigenvalue weighted by molar-refractivity contribution is 0.549. The zero-order valence-electron chi connectivity index (χ0n) is 9.45. The Hall–Kier alpha value is -2.15. The molecule has 0 aliphatic rings. The van der Waals surface area contributed by atoms with Gasteiger partial charge in [-0.25, -0.2) is 18.2 Å². The van der Waals surface area contributed by atoms with Crippen molar-refractivity contribution >= 4 is 28.7 Å². The van der Waals surface area contributed by atoms with Crippen molar-refractivity contribution < 1.29 is 13.2 Å². The maximum Gasteiger partial charge on any atom is 0.152 e. The Morgan fingerprint density at radius 2 is 1.79 bits per heavy atom. The van der Waals surface area contributed by atoms with Crippen molar-refractivity contribution in [3.63, 3.8) is 0 Å². The molecule has 7 heteroatoms. The second-order valence-electron chi connectivity index (χ2n) is 3.66. The number of anilines is 2. The highest BCUT2D eigenvalue weighted by molar-refractivity contribution is 7.80. The van der Waals surface area contributed by atoms with Crippen LogP contribution < -0.4 is 11.1 Å². The molecule has 0 bridgehead atoms. The lowest BCUT2D eigenvalue weighted by Gasteiger charge is -2.09. The predicted octanol–water partition coefficient (Wildman–Crippen LogP) is 2.88. The summed E-state index contributed by atoms with van der Waals surface area (Å²) in [6, 6.07) is 4.14. The summed E-state index contributed by atoms with van der Waals surface area (Å²) in [6.45, 7) is 0. The van der Waals surface area contributed by atoms with Gasteiger partial charge in [0.15, 0.2) is 11.6 Å². The van der Waals surface area contributed by atoms with E-state index in [0.29, 0.717) is 17.7 Å². The molecule has 0 unspecified atom stereocenters. The number of hydrogen-bond acceptors (Lipinski definition) is 3. The molecule has 0 saturated heterocycles. The number of benzene rings is 1. The molecule has 3 N–H and O–H groups in total. The van der Waals surface area contributed by atoms with Gasteiger partial charge in [0.25, 0.3) is 0 Å². The summed E-state index contributed by atoms with van der Waals surface area (Å²) >= 11 is 4.78. The van der Waals surface area contributed by atoms with E-state index in [2.05, 4.69) is 10.3 Å². The normalized spacial score (nSPS) is 10.3. The van der Waals surface area contributed by atoms with Gasteiger partial charge in [0.2, 0.25) is 0 Å².